The van der Waals surface area contributed by atoms with Crippen LogP contribution < -0.4 is 4.72 Å². The minimum Gasteiger partial charge on any atom is -0.211 e. The number of benzene rings is 2. The first-order valence-electron chi connectivity index (χ1n) is 6.20. The Morgan fingerprint density at radius 2 is 1.74 bits per heavy atom. The zero-order chi connectivity index (χ0) is 13.9. The molecule has 0 fully saturated rings. The molecule has 2 rings (SSSR count). The van der Waals surface area contributed by atoms with Gasteiger partial charge in [0.25, 0.3) is 0 Å². The molecule has 0 aliphatic rings. The van der Waals surface area contributed by atoms with E-state index in [1.54, 1.807) is 19.1 Å². The van der Waals surface area contributed by atoms with Crippen molar-refractivity contribution in [2.45, 2.75) is 18.7 Å². The third-order valence-corrected chi connectivity index (χ3v) is 4.47. The smallest absolute Gasteiger partial charge is 0.211 e. The van der Waals surface area contributed by atoms with Gasteiger partial charge in [-0.15, -0.1) is 0 Å². The minimum absolute atomic E-state index is 0.312. The Morgan fingerprint density at radius 3 is 2.32 bits per heavy atom. The highest BCUT2D eigenvalue weighted by Gasteiger charge is 2.13. The van der Waals surface area contributed by atoms with Gasteiger partial charge >= 0.3 is 0 Å². The number of nitrogens with one attached hydrogen (secondary N) is 1. The lowest BCUT2D eigenvalue weighted by molar-refractivity contribution is 0.584. The van der Waals surface area contributed by atoms with Crippen molar-refractivity contribution in [1.82, 2.24) is 4.72 Å². The lowest BCUT2D eigenvalue weighted by Crippen LogP contribution is -2.23. The van der Waals surface area contributed by atoms with Gasteiger partial charge in [0.15, 0.2) is 0 Å². The van der Waals surface area contributed by atoms with Crippen molar-refractivity contribution in [1.29, 1.82) is 0 Å². The Hall–Kier alpha value is -1.65. The van der Waals surface area contributed by atoms with Crippen molar-refractivity contribution in [3.05, 3.63) is 54.1 Å². The van der Waals surface area contributed by atoms with Crippen LogP contribution in [0.3, 0.4) is 0 Å². The Kier molecular flexibility index (Phi) is 4.02. The Labute approximate surface area is 114 Å². The third-order valence-electron chi connectivity index (χ3n) is 2.93. The molecule has 0 spiro atoms. The van der Waals surface area contributed by atoms with Gasteiger partial charge in [-0.2, -0.15) is 0 Å². The molecule has 4 heteroatoms. The first-order chi connectivity index (χ1) is 9.04. The standard InChI is InChI=1S/C15H17NO2S/c1-3-16-19(17,18)14-9-10-15(12(2)11-14)13-7-5-4-6-8-13/h4-11,16H,3H2,1-2H3. The van der Waals surface area contributed by atoms with E-state index in [2.05, 4.69) is 4.72 Å². The molecule has 0 radical (unpaired) electrons. The van der Waals surface area contributed by atoms with Crippen LogP contribution in [0, 0.1) is 6.92 Å². The maximum absolute atomic E-state index is 11.9. The van der Waals surface area contributed by atoms with Gasteiger partial charge in [-0.25, -0.2) is 13.1 Å². The lowest BCUT2D eigenvalue weighted by Gasteiger charge is -2.09. The molecule has 0 aliphatic carbocycles. The van der Waals surface area contributed by atoms with E-state index in [-0.39, 0.29) is 0 Å². The highest BCUT2D eigenvalue weighted by atomic mass is 32.2. The Morgan fingerprint density at radius 1 is 1.05 bits per heavy atom. The normalized spacial score (nSPS) is 11.5. The third kappa shape index (κ3) is 3.03. The van der Waals surface area contributed by atoms with Gasteiger partial charge < -0.3 is 0 Å². The molecule has 19 heavy (non-hydrogen) atoms. The van der Waals surface area contributed by atoms with E-state index in [4.69, 9.17) is 0 Å². The monoisotopic (exact) mass is 275 g/mol. The zero-order valence-electron chi connectivity index (χ0n) is 11.1. The zero-order valence-corrected chi connectivity index (χ0v) is 11.9. The molecule has 0 amide bonds. The van der Waals surface area contributed by atoms with E-state index in [0.29, 0.717) is 11.4 Å². The summed E-state index contributed by atoms with van der Waals surface area (Å²) < 4.78 is 26.3. The lowest BCUT2D eigenvalue weighted by atomic mass is 10.0. The minimum atomic E-state index is -3.38. The molecule has 2 aromatic rings. The van der Waals surface area contributed by atoms with Crippen LogP contribution in [0.25, 0.3) is 11.1 Å². The van der Waals surface area contributed by atoms with Crippen molar-refractivity contribution in [2.75, 3.05) is 6.54 Å². The number of sulfonamides is 1. The second-order valence-electron chi connectivity index (χ2n) is 4.34. The summed E-state index contributed by atoms with van der Waals surface area (Å²) in [5, 5.41) is 0. The quantitative estimate of drug-likeness (QED) is 0.932. The molecule has 0 saturated carbocycles. The summed E-state index contributed by atoms with van der Waals surface area (Å²) in [4.78, 5) is 0.312. The van der Waals surface area contributed by atoms with Crippen LogP contribution >= 0.6 is 0 Å². The second kappa shape index (κ2) is 5.55. The van der Waals surface area contributed by atoms with Crippen LogP contribution in [0.5, 0.6) is 0 Å². The molecule has 2 aromatic carbocycles. The second-order valence-corrected chi connectivity index (χ2v) is 6.11. The van der Waals surface area contributed by atoms with E-state index in [0.717, 1.165) is 16.7 Å². The predicted molar refractivity (Wildman–Crippen MR) is 77.5 cm³/mol. The summed E-state index contributed by atoms with van der Waals surface area (Å²) >= 11 is 0. The first kappa shape index (κ1) is 13.8. The summed E-state index contributed by atoms with van der Waals surface area (Å²) in [6.07, 6.45) is 0. The van der Waals surface area contributed by atoms with E-state index >= 15 is 0 Å². The maximum Gasteiger partial charge on any atom is 0.240 e. The molecule has 0 aromatic heterocycles. The molecule has 0 aliphatic heterocycles. The van der Waals surface area contributed by atoms with Gasteiger partial charge in [-0.1, -0.05) is 43.3 Å². The van der Waals surface area contributed by atoms with Crippen molar-refractivity contribution >= 4 is 10.0 Å². The highest BCUT2D eigenvalue weighted by Crippen LogP contribution is 2.25. The largest absolute Gasteiger partial charge is 0.240 e. The molecule has 0 atom stereocenters. The van der Waals surface area contributed by atoms with Crippen molar-refractivity contribution in [3.8, 4) is 11.1 Å². The van der Waals surface area contributed by atoms with E-state index in [1.165, 1.54) is 0 Å². The Balaban J connectivity index is 2.44. The summed E-state index contributed by atoms with van der Waals surface area (Å²) in [5.41, 5.74) is 3.09. The fourth-order valence-corrected chi connectivity index (χ4v) is 3.14. The number of aryl methyl sites for hydroxylation is 1. The topological polar surface area (TPSA) is 46.2 Å². The number of hydrogen-bond acceptors (Lipinski definition) is 2. The molecular weight excluding hydrogens is 258 g/mol. The van der Waals surface area contributed by atoms with Gasteiger partial charge in [-0.05, 0) is 35.7 Å². The summed E-state index contributed by atoms with van der Waals surface area (Å²) in [7, 11) is -3.38. The molecular formula is C15H17NO2S. The molecule has 100 valence electrons. The van der Waals surface area contributed by atoms with Gasteiger partial charge in [-0.3, -0.25) is 0 Å². The van der Waals surface area contributed by atoms with E-state index < -0.39 is 10.0 Å². The molecule has 0 heterocycles. The Bertz CT molecular complexity index is 664. The molecule has 0 saturated heterocycles. The number of hydrogen-bond donors (Lipinski definition) is 1. The van der Waals surface area contributed by atoms with E-state index in [1.807, 2.05) is 43.3 Å². The van der Waals surface area contributed by atoms with Crippen LogP contribution in [-0.2, 0) is 10.0 Å². The van der Waals surface area contributed by atoms with Crippen molar-refractivity contribution in [3.63, 3.8) is 0 Å². The molecule has 3 nitrogen and oxygen atoms in total. The van der Waals surface area contributed by atoms with Gasteiger partial charge in [0.1, 0.15) is 0 Å². The van der Waals surface area contributed by atoms with E-state index in [9.17, 15) is 8.42 Å². The average Bonchev–Trinajstić information content (AvgIpc) is 2.39. The van der Waals surface area contributed by atoms with Crippen LogP contribution in [0.15, 0.2) is 53.4 Å². The van der Waals surface area contributed by atoms with Gasteiger partial charge in [0.05, 0.1) is 4.90 Å². The highest BCUT2D eigenvalue weighted by molar-refractivity contribution is 7.89. The van der Waals surface area contributed by atoms with Crippen LogP contribution in [0.4, 0.5) is 0 Å². The maximum atomic E-state index is 11.9. The van der Waals surface area contributed by atoms with Crippen molar-refractivity contribution < 1.29 is 8.42 Å². The SMILES string of the molecule is CCNS(=O)(=O)c1ccc(-c2ccccc2)c(C)c1. The summed E-state index contributed by atoms with van der Waals surface area (Å²) in [5.74, 6) is 0. The fourth-order valence-electron chi connectivity index (χ4n) is 2.02. The predicted octanol–water partition coefficient (Wildman–Crippen LogP) is 2.96. The fraction of sp³-hybridized carbons (Fsp3) is 0.200. The molecule has 1 N–H and O–H groups in total. The first-order valence-corrected chi connectivity index (χ1v) is 7.68. The molecule has 0 bridgehead atoms. The van der Waals surface area contributed by atoms with Gasteiger partial charge in [0, 0.05) is 6.54 Å². The van der Waals surface area contributed by atoms with Gasteiger partial charge in [0.2, 0.25) is 10.0 Å². The molecule has 0 unspecified atom stereocenters. The summed E-state index contributed by atoms with van der Waals surface area (Å²) in [6.45, 7) is 4.08. The average molecular weight is 275 g/mol. The van der Waals surface area contributed by atoms with Crippen LogP contribution in [0.1, 0.15) is 12.5 Å². The van der Waals surface area contributed by atoms with Crippen LogP contribution in [-0.4, -0.2) is 15.0 Å². The van der Waals surface area contributed by atoms with Crippen molar-refractivity contribution in [2.24, 2.45) is 0 Å². The summed E-state index contributed by atoms with van der Waals surface area (Å²) in [6, 6.07) is 15.1. The number of rotatable bonds is 4. The van der Waals surface area contributed by atoms with Crippen LogP contribution in [0.2, 0.25) is 0 Å².